The molecule has 2 aliphatic rings. The molecule has 1 aromatic heterocycles. The largest absolute Gasteiger partial charge is 0.310 e. The lowest BCUT2D eigenvalue weighted by atomic mass is 9.78. The van der Waals surface area contributed by atoms with E-state index >= 15 is 0 Å². The molecule has 268 valence electrons. The lowest BCUT2D eigenvalue weighted by Gasteiger charge is -2.30. The predicted octanol–water partition coefficient (Wildman–Crippen LogP) is 14.5. The zero-order chi connectivity index (χ0) is 37.8. The average molecular weight is 719 g/mol. The molecule has 9 aromatic rings. The van der Waals surface area contributed by atoms with E-state index in [9.17, 15) is 0 Å². The fourth-order valence-electron chi connectivity index (χ4n) is 10.1. The summed E-state index contributed by atoms with van der Waals surface area (Å²) in [5, 5.41) is 2.54. The summed E-state index contributed by atoms with van der Waals surface area (Å²) in [7, 11) is 0. The number of nitrogens with zero attached hydrogens (tertiary/aromatic N) is 2. The summed E-state index contributed by atoms with van der Waals surface area (Å²) in [6, 6.07) is 67.5. The smallest absolute Gasteiger partial charge is 0.0541 e. The van der Waals surface area contributed by atoms with Crippen LogP contribution in [0.4, 0.5) is 17.1 Å². The normalized spacial score (nSPS) is 14.4. The predicted molar refractivity (Wildman–Crippen MR) is 236 cm³/mol. The van der Waals surface area contributed by atoms with E-state index in [1.165, 1.54) is 77.4 Å². The molecule has 2 nitrogen and oxygen atoms in total. The zero-order valence-corrected chi connectivity index (χ0v) is 32.2. The quantitative estimate of drug-likeness (QED) is 0.172. The monoisotopic (exact) mass is 718 g/mol. The van der Waals surface area contributed by atoms with Gasteiger partial charge in [-0.3, -0.25) is 0 Å². The minimum Gasteiger partial charge on any atom is -0.310 e. The third-order valence-corrected chi connectivity index (χ3v) is 12.8. The van der Waals surface area contributed by atoms with Gasteiger partial charge in [-0.2, -0.15) is 0 Å². The molecule has 0 saturated heterocycles. The maximum absolute atomic E-state index is 2.48. The van der Waals surface area contributed by atoms with E-state index in [4.69, 9.17) is 0 Å². The Morgan fingerprint density at radius 3 is 1.57 bits per heavy atom. The van der Waals surface area contributed by atoms with Gasteiger partial charge in [0.1, 0.15) is 0 Å². The van der Waals surface area contributed by atoms with Crippen LogP contribution in [0.1, 0.15) is 49.9 Å². The molecule has 2 heteroatoms. The highest BCUT2D eigenvalue weighted by Gasteiger charge is 2.39. The Balaban J connectivity index is 1.15. The van der Waals surface area contributed by atoms with E-state index in [-0.39, 0.29) is 10.8 Å². The lowest BCUT2D eigenvalue weighted by Crippen LogP contribution is -2.18. The van der Waals surface area contributed by atoms with Crippen LogP contribution in [0.2, 0.25) is 0 Å². The van der Waals surface area contributed by atoms with Crippen LogP contribution in [0.3, 0.4) is 0 Å². The first-order valence-corrected chi connectivity index (χ1v) is 19.8. The van der Waals surface area contributed by atoms with Crippen molar-refractivity contribution in [3.05, 3.63) is 204 Å². The highest BCUT2D eigenvalue weighted by Crippen LogP contribution is 2.55. The van der Waals surface area contributed by atoms with Crippen LogP contribution in [-0.2, 0) is 10.8 Å². The molecule has 0 aliphatic heterocycles. The second kappa shape index (κ2) is 11.9. The van der Waals surface area contributed by atoms with Gasteiger partial charge in [0.15, 0.2) is 0 Å². The van der Waals surface area contributed by atoms with Crippen molar-refractivity contribution in [2.45, 2.75) is 38.5 Å². The van der Waals surface area contributed by atoms with Crippen LogP contribution in [0.5, 0.6) is 0 Å². The molecule has 0 saturated carbocycles. The van der Waals surface area contributed by atoms with Crippen LogP contribution < -0.4 is 4.90 Å². The van der Waals surface area contributed by atoms with Gasteiger partial charge in [-0.05, 0) is 116 Å². The number of rotatable bonds is 5. The molecule has 0 spiro atoms. The van der Waals surface area contributed by atoms with Gasteiger partial charge in [0.25, 0.3) is 0 Å². The number of hydrogen-bond donors (Lipinski definition) is 0. The average Bonchev–Trinajstić information content (AvgIpc) is 3.78. The topological polar surface area (TPSA) is 8.17 Å². The first-order valence-electron chi connectivity index (χ1n) is 19.8. The molecule has 2 aliphatic carbocycles. The standard InChI is InChI=1S/C54H42N2/c1-53(2)47-22-12-8-18-40(47)42-31-30-38(34-49(42)53)55(36-26-28-37(29-27-36)56-50-24-14-10-20-43(50)44-21-11-15-25-51(44)56)39-32-45(35-16-6-5-7-17-35)52-46(33-39)41-19-9-13-23-48(41)54(52,3)4/h5-34H,1-4H3. The zero-order valence-electron chi connectivity index (χ0n) is 32.2. The Morgan fingerprint density at radius 1 is 0.375 bits per heavy atom. The number of aromatic nitrogens is 1. The minimum atomic E-state index is -0.145. The van der Waals surface area contributed by atoms with E-state index in [0.29, 0.717) is 0 Å². The van der Waals surface area contributed by atoms with Gasteiger partial charge in [0, 0.05) is 44.4 Å². The number of anilines is 3. The summed E-state index contributed by atoms with van der Waals surface area (Å²) < 4.78 is 2.40. The van der Waals surface area contributed by atoms with Crippen molar-refractivity contribution in [1.29, 1.82) is 0 Å². The summed E-state index contributed by atoms with van der Waals surface area (Å²) in [6.45, 7) is 9.51. The third kappa shape index (κ3) is 4.62. The summed E-state index contributed by atoms with van der Waals surface area (Å²) in [5.74, 6) is 0. The van der Waals surface area contributed by atoms with E-state index in [1.54, 1.807) is 0 Å². The van der Waals surface area contributed by atoms with E-state index < -0.39 is 0 Å². The van der Waals surface area contributed by atoms with Crippen molar-refractivity contribution < 1.29 is 0 Å². The van der Waals surface area contributed by atoms with E-state index in [0.717, 1.165) is 22.7 Å². The molecule has 56 heavy (non-hydrogen) atoms. The van der Waals surface area contributed by atoms with E-state index in [1.807, 2.05) is 0 Å². The van der Waals surface area contributed by atoms with Gasteiger partial charge >= 0.3 is 0 Å². The first kappa shape index (κ1) is 32.8. The van der Waals surface area contributed by atoms with Gasteiger partial charge in [-0.1, -0.05) is 149 Å². The minimum absolute atomic E-state index is 0.121. The van der Waals surface area contributed by atoms with Gasteiger partial charge < -0.3 is 9.47 Å². The molecule has 8 aromatic carbocycles. The number of benzene rings is 8. The van der Waals surface area contributed by atoms with Crippen LogP contribution in [0.25, 0.3) is 60.9 Å². The van der Waals surface area contributed by atoms with Crippen molar-refractivity contribution >= 4 is 38.9 Å². The van der Waals surface area contributed by atoms with Crippen molar-refractivity contribution in [3.8, 4) is 39.1 Å². The Hall–Kier alpha value is -6.64. The van der Waals surface area contributed by atoms with Crippen molar-refractivity contribution in [2.24, 2.45) is 0 Å². The second-order valence-electron chi connectivity index (χ2n) is 16.6. The van der Waals surface area contributed by atoms with Gasteiger partial charge in [0.2, 0.25) is 0 Å². The molecule has 0 amide bonds. The van der Waals surface area contributed by atoms with Crippen molar-refractivity contribution in [2.75, 3.05) is 4.90 Å². The molecule has 0 unspecified atom stereocenters. The molecule has 0 atom stereocenters. The summed E-state index contributed by atoms with van der Waals surface area (Å²) in [5.41, 5.74) is 20.0. The SMILES string of the molecule is CC1(C)c2ccccc2-c2ccc(N(c3ccc(-n4c5ccccc5c5ccccc54)cc3)c3cc(-c4ccccc4)c4c(c3)-c3ccccc3C4(C)C)cc21. The summed E-state index contributed by atoms with van der Waals surface area (Å²) in [4.78, 5) is 2.48. The summed E-state index contributed by atoms with van der Waals surface area (Å²) in [6.07, 6.45) is 0. The van der Waals surface area contributed by atoms with Crippen LogP contribution >= 0.6 is 0 Å². The maximum atomic E-state index is 2.48. The second-order valence-corrected chi connectivity index (χ2v) is 16.6. The summed E-state index contributed by atoms with van der Waals surface area (Å²) >= 11 is 0. The Labute approximate surface area is 328 Å². The highest BCUT2D eigenvalue weighted by atomic mass is 15.1. The van der Waals surface area contributed by atoms with Crippen LogP contribution in [0, 0.1) is 0 Å². The van der Waals surface area contributed by atoms with Gasteiger partial charge in [-0.15, -0.1) is 0 Å². The molecular weight excluding hydrogens is 677 g/mol. The molecule has 0 N–H and O–H groups in total. The molecule has 1 heterocycles. The molecule has 0 fully saturated rings. The molecule has 0 bridgehead atoms. The highest BCUT2D eigenvalue weighted by molar-refractivity contribution is 6.09. The fourth-order valence-corrected chi connectivity index (χ4v) is 10.1. The molecule has 11 rings (SSSR count). The maximum Gasteiger partial charge on any atom is 0.0541 e. The lowest BCUT2D eigenvalue weighted by molar-refractivity contribution is 0.660. The Morgan fingerprint density at radius 2 is 0.893 bits per heavy atom. The number of hydrogen-bond acceptors (Lipinski definition) is 1. The molecular formula is C54H42N2. The van der Waals surface area contributed by atoms with Crippen LogP contribution in [-0.4, -0.2) is 4.57 Å². The van der Waals surface area contributed by atoms with Crippen molar-refractivity contribution in [3.63, 3.8) is 0 Å². The van der Waals surface area contributed by atoms with E-state index in [2.05, 4.69) is 219 Å². The molecule has 0 radical (unpaired) electrons. The number of fused-ring (bicyclic) bond motifs is 9. The van der Waals surface area contributed by atoms with Crippen molar-refractivity contribution in [1.82, 2.24) is 4.57 Å². The van der Waals surface area contributed by atoms with Gasteiger partial charge in [0.05, 0.1) is 11.0 Å². The van der Waals surface area contributed by atoms with Crippen LogP contribution in [0.15, 0.2) is 182 Å². The first-order chi connectivity index (χ1) is 27.3. The Kier molecular flexibility index (Phi) is 6.98. The fraction of sp³-hybridized carbons (Fsp3) is 0.111. The Bertz CT molecular complexity index is 2960. The van der Waals surface area contributed by atoms with Gasteiger partial charge in [-0.25, -0.2) is 0 Å². The number of para-hydroxylation sites is 2. The third-order valence-electron chi connectivity index (χ3n) is 12.8.